The molecule has 1 amide bonds. The van der Waals surface area contributed by atoms with Gasteiger partial charge in [0.1, 0.15) is 4.90 Å². The lowest BCUT2D eigenvalue weighted by Gasteiger charge is -2.13. The highest BCUT2D eigenvalue weighted by Crippen LogP contribution is 2.35. The normalized spacial score (nSPS) is 11.1. The first-order valence-corrected chi connectivity index (χ1v) is 10.4. The Hall–Kier alpha value is -2.10. The zero-order valence-corrected chi connectivity index (χ0v) is 17.6. The van der Waals surface area contributed by atoms with Crippen molar-refractivity contribution in [3.05, 3.63) is 52.0 Å². The van der Waals surface area contributed by atoms with E-state index in [9.17, 15) is 13.2 Å². The minimum Gasteiger partial charge on any atom is -0.493 e. The number of amides is 1. The molecule has 0 aliphatic rings. The zero-order valence-electron chi connectivity index (χ0n) is 15.2. The first kappa shape index (κ1) is 21.2. The maximum Gasteiger partial charge on any atom is 0.251 e. The van der Waals surface area contributed by atoms with Gasteiger partial charge in [-0.2, -0.15) is 0 Å². The Balaban J connectivity index is 2.16. The van der Waals surface area contributed by atoms with E-state index in [1.807, 2.05) is 6.92 Å². The Kier molecular flexibility index (Phi) is 7.23. The molecule has 2 aromatic rings. The minimum atomic E-state index is -3.79. The standard InChI is InChI=1S/C18H21BrN2O5S/c1-4-20-18(22)13-7-5-12(6-8-13)11-21-27(23,24)17-10-16(26-3)15(25-2)9-14(17)19/h5-10,21H,4,11H2,1-3H3,(H,20,22). The largest absolute Gasteiger partial charge is 0.493 e. The van der Waals surface area contributed by atoms with Crippen molar-refractivity contribution in [3.8, 4) is 11.5 Å². The van der Waals surface area contributed by atoms with E-state index >= 15 is 0 Å². The summed E-state index contributed by atoms with van der Waals surface area (Å²) in [4.78, 5) is 11.8. The molecule has 2 rings (SSSR count). The molecular weight excluding hydrogens is 436 g/mol. The van der Waals surface area contributed by atoms with E-state index in [1.165, 1.54) is 26.4 Å². The van der Waals surface area contributed by atoms with Gasteiger partial charge in [0.05, 0.1) is 14.2 Å². The molecule has 0 aliphatic carbocycles. The van der Waals surface area contributed by atoms with E-state index in [2.05, 4.69) is 26.0 Å². The summed E-state index contributed by atoms with van der Waals surface area (Å²) in [6.45, 7) is 2.47. The fraction of sp³-hybridized carbons (Fsp3) is 0.278. The van der Waals surface area contributed by atoms with Crippen LogP contribution in [0.1, 0.15) is 22.8 Å². The topological polar surface area (TPSA) is 93.7 Å². The Bertz CT molecular complexity index is 914. The smallest absolute Gasteiger partial charge is 0.251 e. The summed E-state index contributed by atoms with van der Waals surface area (Å²) < 4.78 is 38.5. The predicted octanol–water partition coefficient (Wildman–Crippen LogP) is 2.69. The number of ether oxygens (including phenoxy) is 2. The molecule has 27 heavy (non-hydrogen) atoms. The second-order valence-electron chi connectivity index (χ2n) is 5.52. The molecule has 0 saturated carbocycles. The summed E-state index contributed by atoms with van der Waals surface area (Å²) >= 11 is 3.25. The average molecular weight is 457 g/mol. The SMILES string of the molecule is CCNC(=O)c1ccc(CNS(=O)(=O)c2cc(OC)c(OC)cc2Br)cc1. The summed E-state index contributed by atoms with van der Waals surface area (Å²) in [5.41, 5.74) is 1.24. The Morgan fingerprint density at radius 2 is 1.67 bits per heavy atom. The molecular formula is C18H21BrN2O5S. The lowest BCUT2D eigenvalue weighted by atomic mass is 10.1. The van der Waals surface area contributed by atoms with Gasteiger partial charge in [0, 0.05) is 29.2 Å². The van der Waals surface area contributed by atoms with Crippen molar-refractivity contribution in [3.63, 3.8) is 0 Å². The lowest BCUT2D eigenvalue weighted by molar-refractivity contribution is 0.0956. The summed E-state index contributed by atoms with van der Waals surface area (Å²) in [7, 11) is -0.884. The van der Waals surface area contributed by atoms with Crippen LogP contribution in [0.4, 0.5) is 0 Å². The van der Waals surface area contributed by atoms with Crippen molar-refractivity contribution >= 4 is 31.9 Å². The van der Waals surface area contributed by atoms with Crippen LogP contribution in [0.2, 0.25) is 0 Å². The van der Waals surface area contributed by atoms with E-state index in [0.29, 0.717) is 28.1 Å². The van der Waals surface area contributed by atoms with Crippen LogP contribution < -0.4 is 19.5 Å². The van der Waals surface area contributed by atoms with Crippen molar-refractivity contribution in [1.29, 1.82) is 0 Å². The number of rotatable bonds is 8. The van der Waals surface area contributed by atoms with Gasteiger partial charge in [0.15, 0.2) is 11.5 Å². The molecule has 7 nitrogen and oxygen atoms in total. The van der Waals surface area contributed by atoms with Crippen molar-refractivity contribution in [2.75, 3.05) is 20.8 Å². The van der Waals surface area contributed by atoms with Gasteiger partial charge in [-0.1, -0.05) is 12.1 Å². The molecule has 0 aliphatic heterocycles. The number of hydrogen-bond acceptors (Lipinski definition) is 5. The van der Waals surface area contributed by atoms with Crippen LogP contribution in [0.3, 0.4) is 0 Å². The summed E-state index contributed by atoms with van der Waals surface area (Å²) in [6.07, 6.45) is 0. The summed E-state index contributed by atoms with van der Waals surface area (Å²) in [5, 5.41) is 2.71. The third-order valence-corrected chi connectivity index (χ3v) is 6.11. The molecule has 0 bridgehead atoms. The zero-order chi connectivity index (χ0) is 20.0. The molecule has 0 unspecified atom stereocenters. The molecule has 2 N–H and O–H groups in total. The van der Waals surface area contributed by atoms with Crippen LogP contribution in [-0.2, 0) is 16.6 Å². The molecule has 0 atom stereocenters. The van der Waals surface area contributed by atoms with Crippen molar-refractivity contribution in [2.24, 2.45) is 0 Å². The second-order valence-corrected chi connectivity index (χ2v) is 8.11. The number of nitrogens with one attached hydrogen (secondary N) is 2. The Labute approximate surface area is 167 Å². The molecule has 2 aromatic carbocycles. The van der Waals surface area contributed by atoms with Crippen molar-refractivity contribution in [2.45, 2.75) is 18.4 Å². The molecule has 0 heterocycles. The minimum absolute atomic E-state index is 0.0408. The van der Waals surface area contributed by atoms with E-state index in [-0.39, 0.29) is 17.3 Å². The van der Waals surface area contributed by atoms with Gasteiger partial charge in [0.25, 0.3) is 5.91 Å². The highest BCUT2D eigenvalue weighted by molar-refractivity contribution is 9.10. The Morgan fingerprint density at radius 3 is 2.22 bits per heavy atom. The number of hydrogen-bond donors (Lipinski definition) is 2. The predicted molar refractivity (Wildman–Crippen MR) is 106 cm³/mol. The number of benzene rings is 2. The van der Waals surface area contributed by atoms with Gasteiger partial charge in [-0.3, -0.25) is 4.79 Å². The van der Waals surface area contributed by atoms with E-state index < -0.39 is 10.0 Å². The Morgan fingerprint density at radius 1 is 1.07 bits per heavy atom. The summed E-state index contributed by atoms with van der Waals surface area (Å²) in [6, 6.07) is 9.65. The van der Waals surface area contributed by atoms with Crippen LogP contribution in [0.15, 0.2) is 45.8 Å². The van der Waals surface area contributed by atoms with Crippen molar-refractivity contribution in [1.82, 2.24) is 10.0 Å². The lowest BCUT2D eigenvalue weighted by Crippen LogP contribution is -2.24. The molecule has 0 radical (unpaired) electrons. The molecule has 0 saturated heterocycles. The van der Waals surface area contributed by atoms with Gasteiger partial charge in [-0.05, 0) is 46.6 Å². The van der Waals surface area contributed by atoms with Crippen LogP contribution >= 0.6 is 15.9 Å². The van der Waals surface area contributed by atoms with Gasteiger partial charge in [0.2, 0.25) is 10.0 Å². The van der Waals surface area contributed by atoms with Gasteiger partial charge in [-0.25, -0.2) is 13.1 Å². The third kappa shape index (κ3) is 5.21. The van der Waals surface area contributed by atoms with E-state index in [4.69, 9.17) is 9.47 Å². The molecule has 146 valence electrons. The first-order chi connectivity index (χ1) is 12.8. The van der Waals surface area contributed by atoms with Gasteiger partial charge >= 0.3 is 0 Å². The number of methoxy groups -OCH3 is 2. The number of carbonyl (C=O) groups excluding carboxylic acids is 1. The van der Waals surface area contributed by atoms with Gasteiger partial charge < -0.3 is 14.8 Å². The molecule has 0 fully saturated rings. The fourth-order valence-corrected chi connectivity index (χ4v) is 4.39. The molecule has 0 spiro atoms. The quantitative estimate of drug-likeness (QED) is 0.636. The van der Waals surface area contributed by atoms with Crippen LogP contribution in [-0.4, -0.2) is 35.1 Å². The number of sulfonamides is 1. The highest BCUT2D eigenvalue weighted by atomic mass is 79.9. The van der Waals surface area contributed by atoms with Gasteiger partial charge in [-0.15, -0.1) is 0 Å². The highest BCUT2D eigenvalue weighted by Gasteiger charge is 2.21. The maximum atomic E-state index is 12.7. The van der Waals surface area contributed by atoms with Crippen LogP contribution in [0.5, 0.6) is 11.5 Å². The third-order valence-electron chi connectivity index (χ3n) is 3.75. The van der Waals surface area contributed by atoms with E-state index in [0.717, 1.165) is 5.56 Å². The molecule has 9 heteroatoms. The number of carbonyl (C=O) groups is 1. The van der Waals surface area contributed by atoms with Crippen LogP contribution in [0, 0.1) is 0 Å². The monoisotopic (exact) mass is 456 g/mol. The maximum absolute atomic E-state index is 12.7. The van der Waals surface area contributed by atoms with E-state index in [1.54, 1.807) is 24.3 Å². The second kappa shape index (κ2) is 9.20. The average Bonchev–Trinajstić information content (AvgIpc) is 2.66. The summed E-state index contributed by atoms with van der Waals surface area (Å²) in [5.74, 6) is 0.565. The number of halogens is 1. The molecule has 0 aromatic heterocycles. The first-order valence-electron chi connectivity index (χ1n) is 8.10. The van der Waals surface area contributed by atoms with Crippen LogP contribution in [0.25, 0.3) is 0 Å². The van der Waals surface area contributed by atoms with Crippen molar-refractivity contribution < 1.29 is 22.7 Å². The fourth-order valence-electron chi connectivity index (χ4n) is 2.33.